The topological polar surface area (TPSA) is 80.9 Å². The van der Waals surface area contributed by atoms with Crippen molar-refractivity contribution < 1.29 is 36.9 Å². The van der Waals surface area contributed by atoms with Crippen molar-refractivity contribution in [2.45, 2.75) is 45.6 Å². The van der Waals surface area contributed by atoms with Crippen LogP contribution in [-0.2, 0) is 16.5 Å². The maximum atomic E-state index is 8.96. The minimum absolute atomic E-state index is 0. The first-order chi connectivity index (χ1) is 6.75. The fourth-order valence-electron chi connectivity index (χ4n) is 0.0694. The van der Waals surface area contributed by atoms with Crippen LogP contribution < -0.4 is 0 Å². The predicted octanol–water partition coefficient (Wildman–Crippen LogP) is 1.94. The van der Waals surface area contributed by atoms with Gasteiger partial charge in [0.2, 0.25) is 0 Å². The van der Waals surface area contributed by atoms with Crippen LogP contribution in [0.1, 0.15) is 34.6 Å². The normalized spacial score (nSPS) is 12.7. The van der Waals surface area contributed by atoms with E-state index in [1.807, 2.05) is 0 Å². The molecule has 0 atom stereocenters. The average molecular weight is 424 g/mol. The van der Waals surface area contributed by atoms with Crippen LogP contribution in [0, 0.1) is 16.2 Å². The van der Waals surface area contributed by atoms with E-state index in [-0.39, 0.29) is 21.9 Å². The molecule has 0 aromatic carbocycles. The van der Waals surface area contributed by atoms with Gasteiger partial charge in [-0.3, -0.25) is 5.33 Å². The average Bonchev–Trinajstić information content (AvgIpc) is 2.01. The summed E-state index contributed by atoms with van der Waals surface area (Å²) in [7, 11) is 0. The van der Waals surface area contributed by atoms with Crippen molar-refractivity contribution >= 4 is 31.9 Å². The molecule has 0 aromatic rings. The van der Waals surface area contributed by atoms with Crippen molar-refractivity contribution in [2.24, 2.45) is 10.8 Å². The van der Waals surface area contributed by atoms with E-state index >= 15 is 0 Å². The van der Waals surface area contributed by atoms with E-state index < -0.39 is 16.4 Å². The third-order valence-electron chi connectivity index (χ3n) is 1.87. The van der Waals surface area contributed by atoms with Gasteiger partial charge in [0.05, 0.1) is 0 Å². The number of rotatable bonds is 2. The van der Waals surface area contributed by atoms with Gasteiger partial charge in [0.15, 0.2) is 11.0 Å². The maximum Gasteiger partial charge on any atom is 0.199 e. The summed E-state index contributed by atoms with van der Waals surface area (Å²) < 4.78 is -1.84. The van der Waals surface area contributed by atoms with Crippen molar-refractivity contribution in [2.75, 3.05) is 0 Å². The van der Waals surface area contributed by atoms with Crippen LogP contribution in [0.25, 0.3) is 0 Å². The first-order valence-electron chi connectivity index (χ1n) is 4.70. The molecule has 0 heterocycles. The van der Waals surface area contributed by atoms with Crippen LogP contribution in [-0.4, -0.2) is 31.4 Å². The van der Waals surface area contributed by atoms with Crippen LogP contribution in [0.2, 0.25) is 0 Å². The summed E-state index contributed by atoms with van der Waals surface area (Å²) in [5.74, 6) is 0. The van der Waals surface area contributed by atoms with Crippen LogP contribution in [0.4, 0.5) is 0 Å². The zero-order valence-corrected chi connectivity index (χ0v) is 14.7. The van der Waals surface area contributed by atoms with E-state index in [0.29, 0.717) is 0 Å². The third-order valence-corrected chi connectivity index (χ3v) is 4.03. The molecule has 110 valence electrons. The number of hydrogen-bond donors (Lipinski definition) is 4. The zero-order chi connectivity index (χ0) is 13.8. The molecular formula is C10H21Br2NiO4-. The molecule has 7 heteroatoms. The van der Waals surface area contributed by atoms with E-state index in [9.17, 15) is 0 Å². The van der Waals surface area contributed by atoms with Crippen LogP contribution in [0.15, 0.2) is 0 Å². The van der Waals surface area contributed by atoms with Crippen molar-refractivity contribution in [3.63, 3.8) is 0 Å². The van der Waals surface area contributed by atoms with Gasteiger partial charge in [-0.1, -0.05) is 40.0 Å². The Labute approximate surface area is 130 Å². The molecule has 0 saturated heterocycles. The molecule has 0 aromatic heterocycles. The van der Waals surface area contributed by atoms with Crippen LogP contribution >= 0.6 is 31.9 Å². The molecule has 0 radical (unpaired) electrons. The Hall–Kier alpha value is 1.29. The Morgan fingerprint density at radius 1 is 1.00 bits per heavy atom. The van der Waals surface area contributed by atoms with E-state index in [1.165, 1.54) is 5.33 Å². The number of aliphatic hydroxyl groups is 4. The van der Waals surface area contributed by atoms with Gasteiger partial charge in [-0.2, -0.15) is 0 Å². The van der Waals surface area contributed by atoms with Gasteiger partial charge in [-0.25, -0.2) is 0 Å². The summed E-state index contributed by atoms with van der Waals surface area (Å²) in [5.41, 5.74) is -1.09. The molecule has 0 aliphatic carbocycles. The summed E-state index contributed by atoms with van der Waals surface area (Å²) in [5, 5.41) is 36.3. The number of hydrogen-bond acceptors (Lipinski definition) is 4. The number of aliphatic hydroxyl groups excluding tert-OH is 1. The first kappa shape index (κ1) is 23.4. The molecule has 0 saturated carbocycles. The molecule has 4 nitrogen and oxygen atoms in total. The molecule has 0 rings (SSSR count). The minimum Gasteiger partial charge on any atom is -0.368 e. The SMILES string of the molecule is CC(C)(C)C(O)O.CC(C)([CH-]Br)C(O)(O)Br.[Ni]. The first-order valence-corrected chi connectivity index (χ1v) is 6.41. The molecular weight excluding hydrogens is 403 g/mol. The molecule has 0 bridgehead atoms. The standard InChI is InChI=1S/C5H9Br2O2.C5H12O2.Ni/c1-4(2,3-6)5(7,8)9;1-5(2,3)4(6)7;/h3,8-9H,1-2H3;4,6-7H,1-3H3;/q-1;;. The largest absolute Gasteiger partial charge is 0.368 e. The summed E-state index contributed by atoms with van der Waals surface area (Å²) in [6, 6.07) is 0. The number of halogens is 2. The molecule has 0 fully saturated rings. The summed E-state index contributed by atoms with van der Waals surface area (Å²) in [6.45, 7) is 8.64. The van der Waals surface area contributed by atoms with Gasteiger partial charge in [0.25, 0.3) is 0 Å². The van der Waals surface area contributed by atoms with Crippen molar-refractivity contribution in [1.82, 2.24) is 0 Å². The second kappa shape index (κ2) is 8.46. The molecule has 4 N–H and O–H groups in total. The smallest absolute Gasteiger partial charge is 0.199 e. The van der Waals surface area contributed by atoms with Gasteiger partial charge in [0, 0.05) is 21.9 Å². The molecule has 0 spiro atoms. The second-order valence-corrected chi connectivity index (χ2v) is 6.72. The molecule has 0 aliphatic heterocycles. The van der Waals surface area contributed by atoms with Gasteiger partial charge >= 0.3 is 0 Å². The fraction of sp³-hybridized carbons (Fsp3) is 0.900. The van der Waals surface area contributed by atoms with Gasteiger partial charge in [-0.05, 0) is 15.9 Å². The maximum absolute atomic E-state index is 8.96. The van der Waals surface area contributed by atoms with Crippen molar-refractivity contribution in [1.29, 1.82) is 0 Å². The van der Waals surface area contributed by atoms with Crippen LogP contribution in [0.5, 0.6) is 0 Å². The van der Waals surface area contributed by atoms with E-state index in [0.717, 1.165) is 0 Å². The van der Waals surface area contributed by atoms with E-state index in [2.05, 4.69) is 31.9 Å². The predicted molar refractivity (Wildman–Crippen MR) is 70.8 cm³/mol. The minimum atomic E-state index is -1.84. The van der Waals surface area contributed by atoms with E-state index in [1.54, 1.807) is 34.6 Å². The molecule has 17 heavy (non-hydrogen) atoms. The number of alkyl halides is 1. The van der Waals surface area contributed by atoms with Crippen LogP contribution in [0.3, 0.4) is 0 Å². The van der Waals surface area contributed by atoms with Gasteiger partial charge in [-0.15, -0.1) is 0 Å². The Bertz CT molecular complexity index is 197. The zero-order valence-electron chi connectivity index (χ0n) is 10.5. The molecule has 0 aliphatic rings. The second-order valence-electron chi connectivity index (χ2n) is 5.16. The summed E-state index contributed by atoms with van der Waals surface area (Å²) >= 11 is 5.74. The van der Waals surface area contributed by atoms with Crippen molar-refractivity contribution in [3.8, 4) is 0 Å². The molecule has 0 amide bonds. The Kier molecular flexibility index (Phi) is 11.6. The monoisotopic (exact) mass is 421 g/mol. The Balaban J connectivity index is -0.000000224. The van der Waals surface area contributed by atoms with Crippen molar-refractivity contribution in [3.05, 3.63) is 5.33 Å². The third kappa shape index (κ3) is 10.9. The fourth-order valence-corrected chi connectivity index (χ4v) is 0.810. The van der Waals surface area contributed by atoms with Gasteiger partial charge < -0.3 is 36.4 Å². The van der Waals surface area contributed by atoms with Gasteiger partial charge in [0.1, 0.15) is 0 Å². The van der Waals surface area contributed by atoms with E-state index in [4.69, 9.17) is 20.4 Å². The summed E-state index contributed by atoms with van der Waals surface area (Å²) in [4.78, 5) is 0. The summed E-state index contributed by atoms with van der Waals surface area (Å²) in [6.07, 6.45) is -1.20. The molecule has 0 unspecified atom stereocenters. The Morgan fingerprint density at radius 2 is 1.24 bits per heavy atom. The quantitative estimate of drug-likeness (QED) is 0.237. The Morgan fingerprint density at radius 3 is 1.24 bits per heavy atom.